The number of amides is 2. The Morgan fingerprint density at radius 3 is 2.69 bits per heavy atom. The van der Waals surface area contributed by atoms with Gasteiger partial charge in [-0.25, -0.2) is 0 Å². The van der Waals surface area contributed by atoms with Crippen LogP contribution in [0.5, 0.6) is 0 Å². The van der Waals surface area contributed by atoms with E-state index in [9.17, 15) is 14.4 Å². The Balaban J connectivity index is 1.75. The molecule has 0 radical (unpaired) electrons. The monoisotopic (exact) mass is 393 g/mol. The first kappa shape index (κ1) is 19.4. The second-order valence-electron chi connectivity index (χ2n) is 8.14. The van der Waals surface area contributed by atoms with Crippen molar-refractivity contribution < 1.29 is 9.59 Å². The van der Waals surface area contributed by atoms with Gasteiger partial charge in [-0.1, -0.05) is 25.1 Å². The smallest absolute Gasteiger partial charge is 0.251 e. The van der Waals surface area contributed by atoms with Gasteiger partial charge in [0.2, 0.25) is 5.91 Å². The van der Waals surface area contributed by atoms with E-state index in [1.807, 2.05) is 40.7 Å². The van der Waals surface area contributed by atoms with Crippen LogP contribution in [0.1, 0.15) is 48.7 Å². The average Bonchev–Trinajstić information content (AvgIpc) is 2.72. The van der Waals surface area contributed by atoms with Crippen LogP contribution in [0.4, 0.5) is 0 Å². The summed E-state index contributed by atoms with van der Waals surface area (Å²) in [5.41, 5.74) is 3.04. The number of aromatic nitrogens is 1. The third-order valence-corrected chi connectivity index (χ3v) is 6.02. The Labute approximate surface area is 170 Å². The van der Waals surface area contributed by atoms with Gasteiger partial charge in [-0.3, -0.25) is 14.4 Å². The number of nitrogens with zero attached hydrogens (tertiary/aromatic N) is 2. The maximum absolute atomic E-state index is 12.9. The molecule has 0 spiro atoms. The zero-order valence-electron chi connectivity index (χ0n) is 17.0. The number of fused-ring (bicyclic) bond motifs is 4. The van der Waals surface area contributed by atoms with Crippen molar-refractivity contribution in [1.29, 1.82) is 0 Å². The van der Waals surface area contributed by atoms with E-state index in [1.165, 1.54) is 0 Å². The molecular weight excluding hydrogens is 366 g/mol. The Morgan fingerprint density at radius 2 is 1.93 bits per heavy atom. The SMILES string of the molecule is CCCNC(=O)c1ccccc1-c1cc2n(c(=O)c1)C[C@H]1C[C@@H]2CN(C(C)=O)C1. The molecule has 0 aliphatic carbocycles. The Kier molecular flexibility index (Phi) is 5.26. The fraction of sp³-hybridized carbons (Fsp3) is 0.435. The predicted molar refractivity (Wildman–Crippen MR) is 112 cm³/mol. The quantitative estimate of drug-likeness (QED) is 0.868. The second kappa shape index (κ2) is 7.85. The fourth-order valence-corrected chi connectivity index (χ4v) is 4.64. The molecular formula is C23H27N3O3. The topological polar surface area (TPSA) is 71.4 Å². The summed E-state index contributed by atoms with van der Waals surface area (Å²) < 4.78 is 1.86. The average molecular weight is 393 g/mol. The molecule has 1 fully saturated rings. The van der Waals surface area contributed by atoms with E-state index in [4.69, 9.17) is 0 Å². The van der Waals surface area contributed by atoms with Gasteiger partial charge in [0.25, 0.3) is 11.5 Å². The van der Waals surface area contributed by atoms with Gasteiger partial charge in [-0.2, -0.15) is 0 Å². The first-order valence-corrected chi connectivity index (χ1v) is 10.4. The van der Waals surface area contributed by atoms with E-state index < -0.39 is 0 Å². The summed E-state index contributed by atoms with van der Waals surface area (Å²) in [6.45, 7) is 6.25. The minimum Gasteiger partial charge on any atom is -0.352 e. The largest absolute Gasteiger partial charge is 0.352 e. The molecule has 3 heterocycles. The van der Waals surface area contributed by atoms with E-state index in [0.29, 0.717) is 31.1 Å². The number of likely N-dealkylation sites (tertiary alicyclic amines) is 1. The molecule has 2 aliphatic heterocycles. The second-order valence-corrected chi connectivity index (χ2v) is 8.14. The number of pyridine rings is 1. The number of carbonyl (C=O) groups is 2. The molecule has 2 aliphatic rings. The first-order chi connectivity index (χ1) is 14.0. The van der Waals surface area contributed by atoms with Crippen LogP contribution in [0, 0.1) is 5.92 Å². The highest BCUT2D eigenvalue weighted by Crippen LogP contribution is 2.37. The molecule has 1 N–H and O–H groups in total. The van der Waals surface area contributed by atoms with E-state index in [0.717, 1.165) is 36.2 Å². The normalized spacial score (nSPS) is 20.1. The van der Waals surface area contributed by atoms with E-state index in [2.05, 4.69) is 5.32 Å². The van der Waals surface area contributed by atoms with E-state index in [1.54, 1.807) is 19.1 Å². The summed E-state index contributed by atoms with van der Waals surface area (Å²) in [4.78, 5) is 39.4. The van der Waals surface area contributed by atoms with E-state index >= 15 is 0 Å². The highest BCUT2D eigenvalue weighted by Gasteiger charge is 2.35. The summed E-state index contributed by atoms with van der Waals surface area (Å²) in [5, 5.41) is 2.92. The van der Waals surface area contributed by atoms with Gasteiger partial charge < -0.3 is 14.8 Å². The van der Waals surface area contributed by atoms with Crippen molar-refractivity contribution in [2.75, 3.05) is 19.6 Å². The maximum Gasteiger partial charge on any atom is 0.251 e. The zero-order chi connectivity index (χ0) is 20.5. The van der Waals surface area contributed by atoms with Gasteiger partial charge in [0.1, 0.15) is 0 Å². The van der Waals surface area contributed by atoms with Crippen molar-refractivity contribution >= 4 is 11.8 Å². The van der Waals surface area contributed by atoms with Gasteiger partial charge in [-0.15, -0.1) is 0 Å². The van der Waals surface area contributed by atoms with Crippen LogP contribution in [0.25, 0.3) is 11.1 Å². The highest BCUT2D eigenvalue weighted by molar-refractivity contribution is 6.00. The molecule has 1 aromatic heterocycles. The maximum atomic E-state index is 12.9. The first-order valence-electron chi connectivity index (χ1n) is 10.4. The summed E-state index contributed by atoms with van der Waals surface area (Å²) >= 11 is 0. The Morgan fingerprint density at radius 1 is 1.14 bits per heavy atom. The minimum atomic E-state index is -0.124. The third kappa shape index (κ3) is 3.71. The lowest BCUT2D eigenvalue weighted by atomic mass is 9.82. The standard InChI is InChI=1S/C23H27N3O3/c1-3-8-24-23(29)20-7-5-4-6-19(20)17-10-21-18-9-16(12-25(14-18)15(2)27)13-26(21)22(28)11-17/h4-7,10-11,16,18H,3,8-9,12-14H2,1-2H3,(H,24,29)/t16-,18+/m0/s1. The molecule has 0 unspecified atom stereocenters. The summed E-state index contributed by atoms with van der Waals surface area (Å²) in [6, 6.07) is 11.1. The molecule has 29 heavy (non-hydrogen) atoms. The molecule has 2 amide bonds. The lowest BCUT2D eigenvalue weighted by Crippen LogP contribution is -2.48. The molecule has 152 valence electrons. The summed E-state index contributed by atoms with van der Waals surface area (Å²) in [6.07, 6.45) is 1.86. The van der Waals surface area contributed by atoms with Crippen LogP contribution in [-0.4, -0.2) is 40.9 Å². The number of rotatable bonds is 4. The number of hydrogen-bond acceptors (Lipinski definition) is 3. The van der Waals surface area contributed by atoms with Crippen molar-refractivity contribution in [3.63, 3.8) is 0 Å². The number of carbonyl (C=O) groups excluding carboxylic acids is 2. The van der Waals surface area contributed by atoms with Crippen LogP contribution in [-0.2, 0) is 11.3 Å². The van der Waals surface area contributed by atoms with Gasteiger partial charge >= 0.3 is 0 Å². The molecule has 6 heteroatoms. The minimum absolute atomic E-state index is 0.0350. The van der Waals surface area contributed by atoms with Crippen LogP contribution in [0.2, 0.25) is 0 Å². The van der Waals surface area contributed by atoms with Gasteiger partial charge in [-0.05, 0) is 42.0 Å². The van der Waals surface area contributed by atoms with Gasteiger partial charge in [0, 0.05) is 56.3 Å². The number of hydrogen-bond donors (Lipinski definition) is 1. The Hall–Kier alpha value is -2.89. The lowest BCUT2D eigenvalue weighted by Gasteiger charge is -2.42. The van der Waals surface area contributed by atoms with Gasteiger partial charge in [0.05, 0.1) is 0 Å². The number of piperidine rings is 1. The molecule has 1 saturated heterocycles. The van der Waals surface area contributed by atoms with E-state index in [-0.39, 0.29) is 23.3 Å². The number of benzene rings is 1. The lowest BCUT2D eigenvalue weighted by molar-refractivity contribution is -0.131. The molecule has 4 rings (SSSR count). The molecule has 1 aromatic carbocycles. The fourth-order valence-electron chi connectivity index (χ4n) is 4.64. The van der Waals surface area contributed by atoms with Crippen LogP contribution in [0.15, 0.2) is 41.2 Å². The molecule has 6 nitrogen and oxygen atoms in total. The van der Waals surface area contributed by atoms with Crippen molar-refractivity contribution in [3.8, 4) is 11.1 Å². The van der Waals surface area contributed by atoms with Crippen LogP contribution < -0.4 is 10.9 Å². The molecule has 2 atom stereocenters. The zero-order valence-corrected chi connectivity index (χ0v) is 17.0. The third-order valence-electron chi connectivity index (χ3n) is 6.02. The Bertz CT molecular complexity index is 1010. The molecule has 2 bridgehead atoms. The van der Waals surface area contributed by atoms with Crippen molar-refractivity contribution in [2.45, 2.75) is 39.2 Å². The van der Waals surface area contributed by atoms with Crippen molar-refractivity contribution in [3.05, 3.63) is 58.0 Å². The summed E-state index contributed by atoms with van der Waals surface area (Å²) in [5.74, 6) is 0.436. The molecule has 0 saturated carbocycles. The molecule has 2 aromatic rings. The van der Waals surface area contributed by atoms with Gasteiger partial charge in [0.15, 0.2) is 0 Å². The predicted octanol–water partition coefficient (Wildman–Crippen LogP) is 2.62. The number of nitrogens with one attached hydrogen (secondary N) is 1. The highest BCUT2D eigenvalue weighted by atomic mass is 16.2. The van der Waals surface area contributed by atoms with Crippen LogP contribution in [0.3, 0.4) is 0 Å². The van der Waals surface area contributed by atoms with Crippen molar-refractivity contribution in [2.24, 2.45) is 5.92 Å². The van der Waals surface area contributed by atoms with Crippen LogP contribution >= 0.6 is 0 Å². The van der Waals surface area contributed by atoms with Crippen molar-refractivity contribution in [1.82, 2.24) is 14.8 Å². The summed E-state index contributed by atoms with van der Waals surface area (Å²) in [7, 11) is 0.